The van der Waals surface area contributed by atoms with E-state index in [4.69, 9.17) is 4.98 Å². The van der Waals surface area contributed by atoms with Crippen molar-refractivity contribution in [3.63, 3.8) is 0 Å². The van der Waals surface area contributed by atoms with Crippen molar-refractivity contribution in [2.24, 2.45) is 0 Å². The van der Waals surface area contributed by atoms with E-state index < -0.39 is 0 Å². The number of anilines is 1. The average Bonchev–Trinajstić information content (AvgIpc) is 3.43. The monoisotopic (exact) mass is 447 g/mol. The van der Waals surface area contributed by atoms with E-state index in [1.165, 1.54) is 15.8 Å². The van der Waals surface area contributed by atoms with Gasteiger partial charge in [-0.2, -0.15) is 0 Å². The lowest BCUT2D eigenvalue weighted by atomic mass is 10.0. The van der Waals surface area contributed by atoms with Crippen LogP contribution in [0.2, 0.25) is 0 Å². The number of rotatable bonds is 4. The Labute approximate surface area is 192 Å². The van der Waals surface area contributed by atoms with Gasteiger partial charge in [-0.1, -0.05) is 53.3 Å². The Kier molecular flexibility index (Phi) is 5.43. The minimum Gasteiger partial charge on any atom is -0.345 e. The topological polar surface area (TPSA) is 63.0 Å². The summed E-state index contributed by atoms with van der Waals surface area (Å²) in [5.74, 6) is 0.898. The van der Waals surface area contributed by atoms with Crippen molar-refractivity contribution >= 4 is 26.7 Å². The van der Waals surface area contributed by atoms with Crippen molar-refractivity contribution in [2.75, 3.05) is 31.1 Å². The summed E-state index contributed by atoms with van der Waals surface area (Å²) in [6.07, 6.45) is 0. The molecule has 0 N–H and O–H groups in total. The highest BCUT2D eigenvalue weighted by Gasteiger charge is 2.33. The van der Waals surface area contributed by atoms with Crippen LogP contribution in [0.4, 0.5) is 5.13 Å². The van der Waals surface area contributed by atoms with Crippen LogP contribution in [0.5, 0.6) is 0 Å². The number of aromatic nitrogens is 5. The first-order chi connectivity index (χ1) is 15.4. The Morgan fingerprint density at radius 2 is 1.66 bits per heavy atom. The van der Waals surface area contributed by atoms with Gasteiger partial charge < -0.3 is 4.90 Å². The second-order valence-electron chi connectivity index (χ2n) is 9.42. The van der Waals surface area contributed by atoms with Crippen LogP contribution in [0.25, 0.3) is 10.2 Å². The van der Waals surface area contributed by atoms with Gasteiger partial charge in [0, 0.05) is 26.2 Å². The molecule has 0 aliphatic carbocycles. The van der Waals surface area contributed by atoms with Crippen LogP contribution in [0.3, 0.4) is 0 Å². The molecule has 3 heterocycles. The van der Waals surface area contributed by atoms with Crippen molar-refractivity contribution in [3.05, 3.63) is 65.5 Å². The Morgan fingerprint density at radius 3 is 2.34 bits per heavy atom. The molecule has 1 aliphatic rings. The Morgan fingerprint density at radius 1 is 0.938 bits per heavy atom. The quantitative estimate of drug-likeness (QED) is 0.466. The highest BCUT2D eigenvalue weighted by atomic mass is 32.1. The van der Waals surface area contributed by atoms with Crippen LogP contribution in [0, 0.1) is 6.92 Å². The molecule has 0 radical (unpaired) electrons. The molecule has 4 aromatic rings. The van der Waals surface area contributed by atoms with Gasteiger partial charge in [0.2, 0.25) is 0 Å². The molecule has 32 heavy (non-hydrogen) atoms. The smallest absolute Gasteiger partial charge is 0.186 e. The Hall–Kier alpha value is -2.84. The summed E-state index contributed by atoms with van der Waals surface area (Å²) in [5.41, 5.74) is 3.37. The zero-order valence-corrected chi connectivity index (χ0v) is 19.9. The van der Waals surface area contributed by atoms with Gasteiger partial charge in [-0.3, -0.25) is 4.90 Å². The second-order valence-corrected chi connectivity index (χ2v) is 10.4. The molecule has 1 saturated heterocycles. The molecule has 7 nitrogen and oxygen atoms in total. The molecule has 0 saturated carbocycles. The third kappa shape index (κ3) is 4.00. The van der Waals surface area contributed by atoms with Gasteiger partial charge in [-0.15, -0.1) is 5.10 Å². The van der Waals surface area contributed by atoms with E-state index in [2.05, 4.69) is 102 Å². The molecule has 0 spiro atoms. The van der Waals surface area contributed by atoms with Gasteiger partial charge in [0.25, 0.3) is 0 Å². The lowest BCUT2D eigenvalue weighted by Gasteiger charge is -2.39. The zero-order valence-electron chi connectivity index (χ0n) is 19.1. The van der Waals surface area contributed by atoms with Gasteiger partial charge >= 0.3 is 0 Å². The predicted octanol–water partition coefficient (Wildman–Crippen LogP) is 4.26. The number of benzene rings is 2. The van der Waals surface area contributed by atoms with E-state index in [1.807, 2.05) is 4.68 Å². The average molecular weight is 448 g/mol. The molecular weight excluding hydrogens is 418 g/mol. The maximum atomic E-state index is 4.86. The van der Waals surface area contributed by atoms with Crippen LogP contribution in [0.1, 0.15) is 43.8 Å². The third-order valence-corrected chi connectivity index (χ3v) is 7.10. The minimum absolute atomic E-state index is 0.0161. The van der Waals surface area contributed by atoms with Gasteiger partial charge in [0.05, 0.1) is 21.8 Å². The SMILES string of the molecule is Cc1ccc(C(c2nnnn2C(C)(C)C)N2CCN(c3nc4ccccc4s3)CC2)cc1. The molecular formula is C24H29N7S. The molecule has 2 aromatic carbocycles. The van der Waals surface area contributed by atoms with E-state index in [9.17, 15) is 0 Å². The van der Waals surface area contributed by atoms with Gasteiger partial charge in [0.15, 0.2) is 11.0 Å². The molecule has 1 unspecified atom stereocenters. The molecule has 1 atom stereocenters. The first kappa shape index (κ1) is 21.0. The summed E-state index contributed by atoms with van der Waals surface area (Å²) in [6.45, 7) is 12.3. The van der Waals surface area contributed by atoms with Gasteiger partial charge in [-0.25, -0.2) is 9.67 Å². The molecule has 8 heteroatoms. The normalized spacial score (nSPS) is 16.6. The van der Waals surface area contributed by atoms with Crippen LogP contribution >= 0.6 is 11.3 Å². The summed E-state index contributed by atoms with van der Waals surface area (Å²) in [4.78, 5) is 9.77. The van der Waals surface area contributed by atoms with Crippen molar-refractivity contribution in [1.29, 1.82) is 0 Å². The van der Waals surface area contributed by atoms with Crippen molar-refractivity contribution in [3.8, 4) is 0 Å². The highest BCUT2D eigenvalue weighted by Crippen LogP contribution is 2.33. The predicted molar refractivity (Wildman–Crippen MR) is 129 cm³/mol. The van der Waals surface area contributed by atoms with Gasteiger partial charge in [-0.05, 0) is 55.8 Å². The summed E-state index contributed by atoms with van der Waals surface area (Å²) < 4.78 is 3.21. The van der Waals surface area contributed by atoms with E-state index in [1.54, 1.807) is 11.3 Å². The summed E-state index contributed by atoms with van der Waals surface area (Å²) in [6, 6.07) is 17.1. The fourth-order valence-electron chi connectivity index (χ4n) is 4.28. The summed E-state index contributed by atoms with van der Waals surface area (Å²) in [7, 11) is 0. The lowest BCUT2D eigenvalue weighted by Crippen LogP contribution is -2.48. The fraction of sp³-hybridized carbons (Fsp3) is 0.417. The minimum atomic E-state index is -0.190. The fourth-order valence-corrected chi connectivity index (χ4v) is 5.30. The largest absolute Gasteiger partial charge is 0.345 e. The Bertz CT molecular complexity index is 1160. The van der Waals surface area contributed by atoms with Crippen LogP contribution in [-0.4, -0.2) is 56.3 Å². The second kappa shape index (κ2) is 8.26. The number of tetrazole rings is 1. The number of para-hydroxylation sites is 1. The van der Waals surface area contributed by atoms with E-state index >= 15 is 0 Å². The van der Waals surface area contributed by atoms with E-state index in [-0.39, 0.29) is 11.6 Å². The molecule has 166 valence electrons. The molecule has 0 amide bonds. The number of hydrogen-bond acceptors (Lipinski definition) is 7. The van der Waals surface area contributed by atoms with Gasteiger partial charge in [0.1, 0.15) is 0 Å². The first-order valence-corrected chi connectivity index (χ1v) is 11.9. The number of nitrogens with zero attached hydrogens (tertiary/aromatic N) is 7. The summed E-state index contributed by atoms with van der Waals surface area (Å²) >= 11 is 1.77. The first-order valence-electron chi connectivity index (χ1n) is 11.1. The van der Waals surface area contributed by atoms with Crippen LogP contribution in [-0.2, 0) is 5.54 Å². The zero-order chi connectivity index (χ0) is 22.3. The van der Waals surface area contributed by atoms with E-state index in [0.29, 0.717) is 0 Å². The maximum absolute atomic E-state index is 4.86. The lowest BCUT2D eigenvalue weighted by molar-refractivity contribution is 0.191. The van der Waals surface area contributed by atoms with Crippen molar-refractivity contribution in [1.82, 2.24) is 30.1 Å². The molecule has 1 aliphatic heterocycles. The third-order valence-electron chi connectivity index (χ3n) is 6.00. The maximum Gasteiger partial charge on any atom is 0.186 e. The summed E-state index contributed by atoms with van der Waals surface area (Å²) in [5, 5.41) is 14.0. The highest BCUT2D eigenvalue weighted by molar-refractivity contribution is 7.22. The molecule has 1 fully saturated rings. The number of piperazine rings is 1. The van der Waals surface area contributed by atoms with Crippen LogP contribution in [0.15, 0.2) is 48.5 Å². The Balaban J connectivity index is 1.43. The van der Waals surface area contributed by atoms with Crippen molar-refractivity contribution < 1.29 is 0 Å². The number of aryl methyl sites for hydroxylation is 1. The molecule has 5 rings (SSSR count). The number of fused-ring (bicyclic) bond motifs is 1. The molecule has 2 aromatic heterocycles. The van der Waals surface area contributed by atoms with E-state index in [0.717, 1.165) is 42.7 Å². The molecule has 0 bridgehead atoms. The van der Waals surface area contributed by atoms with Crippen LogP contribution < -0.4 is 4.90 Å². The number of hydrogen-bond donors (Lipinski definition) is 0. The van der Waals surface area contributed by atoms with Crippen molar-refractivity contribution in [2.45, 2.75) is 39.3 Å². The standard InChI is InChI=1S/C24H29N7S/c1-17-9-11-18(12-10-17)21(22-26-27-28-31(22)24(2,3)4)29-13-15-30(16-14-29)23-25-19-7-5-6-8-20(19)32-23/h5-12,21H,13-16H2,1-4H3. The number of thiazole rings is 1.